The van der Waals surface area contributed by atoms with Gasteiger partial charge < -0.3 is 0 Å². The first-order valence-electron chi connectivity index (χ1n) is 2.19. The maximum atomic E-state index is 9.81. The van der Waals surface area contributed by atoms with Crippen LogP contribution in [0, 0.1) is 10.1 Å². The van der Waals surface area contributed by atoms with Gasteiger partial charge in [0.1, 0.15) is 0 Å². The smallest absolute Gasteiger partial charge is 0.244 e. The minimum atomic E-state index is -0.470. The second-order valence-electron chi connectivity index (χ2n) is 1.24. The highest BCUT2D eigenvalue weighted by molar-refractivity contribution is 8.03. The van der Waals surface area contributed by atoms with Gasteiger partial charge in [0.15, 0.2) is 0 Å². The molecule has 0 saturated heterocycles. The molecule has 9 heavy (non-hydrogen) atoms. The minimum Gasteiger partial charge on any atom is -0.259 e. The molecule has 5 heteroatoms. The van der Waals surface area contributed by atoms with Gasteiger partial charge in [0.2, 0.25) is 6.20 Å². The highest BCUT2D eigenvalue weighted by Gasteiger charge is 1.96. The molecular formula is C4H7NO2S2. The summed E-state index contributed by atoms with van der Waals surface area (Å²) in [6.07, 6.45) is 2.75. The largest absolute Gasteiger partial charge is 0.259 e. The summed E-state index contributed by atoms with van der Waals surface area (Å²) in [4.78, 5) is 10.0. The predicted octanol–water partition coefficient (Wildman–Crippen LogP) is 1.40. The van der Waals surface area contributed by atoms with Crippen molar-refractivity contribution in [3.05, 3.63) is 21.2 Å². The zero-order valence-corrected chi connectivity index (χ0v) is 6.61. The molecule has 0 aliphatic carbocycles. The number of nitro groups is 1. The Morgan fingerprint density at radius 2 is 2.56 bits per heavy atom. The van der Waals surface area contributed by atoms with Crippen LogP contribution in [0.3, 0.4) is 0 Å². The zero-order chi connectivity index (χ0) is 7.28. The molecule has 0 aliphatic heterocycles. The molecule has 0 saturated carbocycles. The molecule has 0 bridgehead atoms. The van der Waals surface area contributed by atoms with Crippen molar-refractivity contribution >= 4 is 24.4 Å². The van der Waals surface area contributed by atoms with Crippen LogP contribution < -0.4 is 0 Å². The molecule has 0 atom stereocenters. The average Bonchev–Trinajstić information content (AvgIpc) is 1.82. The van der Waals surface area contributed by atoms with Crippen LogP contribution in [0.4, 0.5) is 0 Å². The van der Waals surface area contributed by atoms with Crippen molar-refractivity contribution in [2.75, 3.05) is 12.0 Å². The highest BCUT2D eigenvalue weighted by Crippen LogP contribution is 2.11. The van der Waals surface area contributed by atoms with E-state index in [2.05, 4.69) is 12.6 Å². The molecule has 0 heterocycles. The summed E-state index contributed by atoms with van der Waals surface area (Å²) in [5.41, 5.74) is 0. The van der Waals surface area contributed by atoms with Crippen molar-refractivity contribution in [3.8, 4) is 0 Å². The van der Waals surface area contributed by atoms with Crippen LogP contribution >= 0.6 is 24.4 Å². The van der Waals surface area contributed by atoms with Gasteiger partial charge in [0.25, 0.3) is 0 Å². The summed E-state index contributed by atoms with van der Waals surface area (Å²) < 4.78 is 0. The van der Waals surface area contributed by atoms with Crippen molar-refractivity contribution in [1.29, 1.82) is 0 Å². The molecule has 0 radical (unpaired) electrons. The second-order valence-corrected chi connectivity index (χ2v) is 2.49. The van der Waals surface area contributed by atoms with Gasteiger partial charge >= 0.3 is 0 Å². The summed E-state index contributed by atoms with van der Waals surface area (Å²) in [6.45, 7) is 0. The molecule has 0 aromatic rings. The number of hydrogen-bond acceptors (Lipinski definition) is 4. The number of thioether (sulfide) groups is 1. The van der Waals surface area contributed by atoms with Crippen LogP contribution in [0.25, 0.3) is 0 Å². The van der Waals surface area contributed by atoms with E-state index < -0.39 is 4.92 Å². The summed E-state index contributed by atoms with van der Waals surface area (Å²) >= 11 is 5.22. The SMILES string of the molecule is CS/C(=C\[N+](=O)[O-])CS. The lowest BCUT2D eigenvalue weighted by atomic mass is 10.7. The lowest BCUT2D eigenvalue weighted by Gasteiger charge is -1.90. The first kappa shape index (κ1) is 8.84. The molecule has 0 rings (SSSR count). The summed E-state index contributed by atoms with van der Waals surface area (Å²) in [5.74, 6) is 0.433. The van der Waals surface area contributed by atoms with E-state index >= 15 is 0 Å². The number of rotatable bonds is 3. The number of nitrogens with zero attached hydrogens (tertiary/aromatic N) is 1. The third kappa shape index (κ3) is 4.35. The van der Waals surface area contributed by atoms with Gasteiger partial charge in [-0.1, -0.05) is 0 Å². The maximum Gasteiger partial charge on any atom is 0.244 e. The topological polar surface area (TPSA) is 43.1 Å². The van der Waals surface area contributed by atoms with Gasteiger partial charge in [-0.3, -0.25) is 10.1 Å². The van der Waals surface area contributed by atoms with Gasteiger partial charge in [0, 0.05) is 5.75 Å². The maximum absolute atomic E-state index is 9.81. The van der Waals surface area contributed by atoms with Gasteiger partial charge in [-0.15, -0.1) is 11.8 Å². The molecule has 0 spiro atoms. The van der Waals surface area contributed by atoms with Gasteiger partial charge in [-0.2, -0.15) is 12.6 Å². The van der Waals surface area contributed by atoms with E-state index in [0.717, 1.165) is 6.20 Å². The van der Waals surface area contributed by atoms with Crippen LogP contribution in [-0.2, 0) is 0 Å². The third-order valence-corrected chi connectivity index (χ3v) is 2.00. The minimum absolute atomic E-state index is 0.433. The van der Waals surface area contributed by atoms with E-state index in [1.165, 1.54) is 11.8 Å². The summed E-state index contributed by atoms with van der Waals surface area (Å²) in [7, 11) is 0. The molecule has 0 fully saturated rings. The van der Waals surface area contributed by atoms with E-state index in [9.17, 15) is 10.1 Å². The molecule has 52 valence electrons. The molecule has 0 unspecified atom stereocenters. The van der Waals surface area contributed by atoms with Crippen molar-refractivity contribution in [3.63, 3.8) is 0 Å². The van der Waals surface area contributed by atoms with E-state index in [-0.39, 0.29) is 0 Å². The fourth-order valence-corrected chi connectivity index (χ4v) is 1.07. The molecule has 0 N–H and O–H groups in total. The first-order chi connectivity index (χ1) is 4.20. The Balaban J connectivity index is 3.91. The fraction of sp³-hybridized carbons (Fsp3) is 0.500. The Labute approximate surface area is 63.1 Å². The van der Waals surface area contributed by atoms with Gasteiger partial charge in [-0.05, 0) is 6.26 Å². The molecule has 0 aliphatic rings. The fourth-order valence-electron chi connectivity index (χ4n) is 0.276. The third-order valence-electron chi connectivity index (χ3n) is 0.667. The van der Waals surface area contributed by atoms with Crippen molar-refractivity contribution < 1.29 is 4.92 Å². The van der Waals surface area contributed by atoms with Crippen LogP contribution in [0.15, 0.2) is 11.1 Å². The van der Waals surface area contributed by atoms with E-state index in [1.54, 1.807) is 6.26 Å². The monoisotopic (exact) mass is 165 g/mol. The Kier molecular flexibility index (Phi) is 4.61. The summed E-state index contributed by atoms with van der Waals surface area (Å²) in [5, 5.41) is 9.81. The first-order valence-corrected chi connectivity index (χ1v) is 4.05. The highest BCUT2D eigenvalue weighted by atomic mass is 32.2. The van der Waals surface area contributed by atoms with Crippen LogP contribution in [-0.4, -0.2) is 16.9 Å². The summed E-state index contributed by atoms with van der Waals surface area (Å²) in [6, 6.07) is 0. The van der Waals surface area contributed by atoms with Crippen LogP contribution in [0.5, 0.6) is 0 Å². The van der Waals surface area contributed by atoms with Gasteiger partial charge in [0.05, 0.1) is 9.83 Å². The Bertz CT molecular complexity index is 129. The molecular weight excluding hydrogens is 158 g/mol. The lowest BCUT2D eigenvalue weighted by molar-refractivity contribution is -0.402. The van der Waals surface area contributed by atoms with E-state index in [4.69, 9.17) is 0 Å². The average molecular weight is 165 g/mol. The van der Waals surface area contributed by atoms with Crippen molar-refractivity contribution in [1.82, 2.24) is 0 Å². The standard InChI is InChI=1S/C4H7NO2S2/c1-9-4(3-8)2-5(6)7/h2,8H,3H2,1H3/b4-2-. The van der Waals surface area contributed by atoms with Crippen LogP contribution in [0.1, 0.15) is 0 Å². The van der Waals surface area contributed by atoms with Gasteiger partial charge in [-0.25, -0.2) is 0 Å². The molecule has 0 aromatic carbocycles. The molecule has 0 aromatic heterocycles. The van der Waals surface area contributed by atoms with Crippen LogP contribution in [0.2, 0.25) is 0 Å². The Morgan fingerprint density at radius 3 is 2.67 bits per heavy atom. The number of hydrogen-bond donors (Lipinski definition) is 1. The number of thiol groups is 1. The molecule has 0 amide bonds. The van der Waals surface area contributed by atoms with Crippen molar-refractivity contribution in [2.24, 2.45) is 0 Å². The quantitative estimate of drug-likeness (QED) is 0.390. The Hall–Kier alpha value is -0.160. The predicted molar refractivity (Wildman–Crippen MR) is 42.4 cm³/mol. The lowest BCUT2D eigenvalue weighted by Crippen LogP contribution is -1.87. The zero-order valence-electron chi connectivity index (χ0n) is 4.90. The molecule has 3 nitrogen and oxygen atoms in total. The second kappa shape index (κ2) is 4.69. The van der Waals surface area contributed by atoms with Crippen molar-refractivity contribution in [2.45, 2.75) is 0 Å². The Morgan fingerprint density at radius 1 is 2.00 bits per heavy atom. The van der Waals surface area contributed by atoms with E-state index in [0.29, 0.717) is 10.7 Å². The normalized spacial score (nSPS) is 11.6. The van der Waals surface area contributed by atoms with E-state index in [1.807, 2.05) is 0 Å².